The van der Waals surface area contributed by atoms with E-state index in [-0.39, 0.29) is 6.10 Å². The number of hydrogen-bond acceptors (Lipinski definition) is 1. The summed E-state index contributed by atoms with van der Waals surface area (Å²) in [5.41, 5.74) is 2.50. The minimum atomic E-state index is 0.172. The van der Waals surface area contributed by atoms with E-state index in [0.717, 1.165) is 5.33 Å². The van der Waals surface area contributed by atoms with Gasteiger partial charge in [0.2, 0.25) is 0 Å². The highest BCUT2D eigenvalue weighted by Gasteiger charge is 2.06. The molecule has 0 radical (unpaired) electrons. The van der Waals surface area contributed by atoms with Crippen molar-refractivity contribution in [2.45, 2.75) is 13.0 Å². The van der Waals surface area contributed by atoms with Gasteiger partial charge in [-0.25, -0.2) is 0 Å². The minimum absolute atomic E-state index is 0.172. The molecule has 1 aromatic rings. The number of halogens is 1. The van der Waals surface area contributed by atoms with Crippen molar-refractivity contribution >= 4 is 15.9 Å². The smallest absolute Gasteiger partial charge is 0.0917 e. The average molecular weight is 229 g/mol. The molecule has 0 amide bonds. The van der Waals surface area contributed by atoms with E-state index in [1.54, 1.807) is 7.11 Å². The minimum Gasteiger partial charge on any atom is -0.376 e. The molecule has 1 aromatic carbocycles. The summed E-state index contributed by atoms with van der Waals surface area (Å²) in [6.45, 7) is 2.08. The third-order valence-electron chi connectivity index (χ3n) is 1.87. The van der Waals surface area contributed by atoms with Crippen LogP contribution in [0.5, 0.6) is 0 Å². The lowest BCUT2D eigenvalue weighted by molar-refractivity contribution is 0.124. The second kappa shape index (κ2) is 4.63. The van der Waals surface area contributed by atoms with Crippen LogP contribution in [0.25, 0.3) is 0 Å². The van der Waals surface area contributed by atoms with Crippen molar-refractivity contribution in [3.05, 3.63) is 35.4 Å². The van der Waals surface area contributed by atoms with Gasteiger partial charge in [-0.1, -0.05) is 45.8 Å². The molecule has 0 saturated carbocycles. The number of ether oxygens (including phenoxy) is 1. The Morgan fingerprint density at radius 3 is 2.33 bits per heavy atom. The van der Waals surface area contributed by atoms with Crippen LogP contribution in [0.1, 0.15) is 17.2 Å². The predicted octanol–water partition coefficient (Wildman–Crippen LogP) is 3.08. The predicted molar refractivity (Wildman–Crippen MR) is 54.7 cm³/mol. The summed E-state index contributed by atoms with van der Waals surface area (Å²) in [5.74, 6) is 0. The zero-order valence-electron chi connectivity index (χ0n) is 7.38. The molecule has 0 heterocycles. The lowest BCUT2D eigenvalue weighted by Gasteiger charge is -2.12. The maximum atomic E-state index is 5.28. The van der Waals surface area contributed by atoms with Gasteiger partial charge in [0.15, 0.2) is 0 Å². The molecule has 66 valence electrons. The Morgan fingerprint density at radius 1 is 1.33 bits per heavy atom. The number of methoxy groups -OCH3 is 1. The third kappa shape index (κ3) is 2.32. The molecule has 0 aliphatic rings. The first kappa shape index (κ1) is 9.75. The molecule has 0 saturated heterocycles. The van der Waals surface area contributed by atoms with Gasteiger partial charge in [-0.3, -0.25) is 0 Å². The first-order valence-electron chi connectivity index (χ1n) is 3.93. The molecule has 1 atom stereocenters. The summed E-state index contributed by atoms with van der Waals surface area (Å²) in [6.07, 6.45) is 0.172. The molecule has 0 aromatic heterocycles. The normalized spacial score (nSPS) is 12.9. The fraction of sp³-hybridized carbons (Fsp3) is 0.400. The zero-order valence-corrected chi connectivity index (χ0v) is 8.97. The van der Waals surface area contributed by atoms with Crippen LogP contribution < -0.4 is 0 Å². The summed E-state index contributed by atoms with van der Waals surface area (Å²) in [7, 11) is 1.73. The summed E-state index contributed by atoms with van der Waals surface area (Å²) in [4.78, 5) is 0. The quantitative estimate of drug-likeness (QED) is 0.723. The van der Waals surface area contributed by atoms with Crippen molar-refractivity contribution in [2.24, 2.45) is 0 Å². The first-order chi connectivity index (χ1) is 5.77. The number of hydrogen-bond donors (Lipinski definition) is 0. The number of benzene rings is 1. The van der Waals surface area contributed by atoms with E-state index in [9.17, 15) is 0 Å². The van der Waals surface area contributed by atoms with Gasteiger partial charge in [-0.15, -0.1) is 0 Å². The van der Waals surface area contributed by atoms with Crippen LogP contribution in [0.4, 0.5) is 0 Å². The van der Waals surface area contributed by atoms with Crippen LogP contribution in [0.3, 0.4) is 0 Å². The van der Waals surface area contributed by atoms with Crippen LogP contribution in [0.15, 0.2) is 24.3 Å². The highest BCUT2D eigenvalue weighted by Crippen LogP contribution is 2.18. The Balaban J connectivity index is 2.80. The van der Waals surface area contributed by atoms with Crippen LogP contribution in [0, 0.1) is 6.92 Å². The molecule has 2 heteroatoms. The maximum Gasteiger partial charge on any atom is 0.0917 e. The standard InChI is InChI=1S/C10H13BrO/c1-8-3-5-9(6-4-8)10(7-11)12-2/h3-6,10H,7H2,1-2H3. The van der Waals surface area contributed by atoms with E-state index < -0.39 is 0 Å². The molecule has 0 aliphatic carbocycles. The van der Waals surface area contributed by atoms with Gasteiger partial charge in [0.1, 0.15) is 0 Å². The molecular weight excluding hydrogens is 216 g/mol. The van der Waals surface area contributed by atoms with Gasteiger partial charge < -0.3 is 4.74 Å². The monoisotopic (exact) mass is 228 g/mol. The fourth-order valence-electron chi connectivity index (χ4n) is 1.07. The molecule has 1 rings (SSSR count). The van der Waals surface area contributed by atoms with Crippen LogP contribution in [0.2, 0.25) is 0 Å². The lowest BCUT2D eigenvalue weighted by atomic mass is 10.1. The molecule has 0 aliphatic heterocycles. The summed E-state index contributed by atoms with van der Waals surface area (Å²) < 4.78 is 5.28. The van der Waals surface area contributed by atoms with Crippen LogP contribution >= 0.6 is 15.9 Å². The molecular formula is C10H13BrO. The fourth-order valence-corrected chi connectivity index (χ4v) is 1.71. The van der Waals surface area contributed by atoms with Gasteiger partial charge in [0.05, 0.1) is 6.10 Å². The van der Waals surface area contributed by atoms with Crippen molar-refractivity contribution in [1.29, 1.82) is 0 Å². The largest absolute Gasteiger partial charge is 0.376 e. The van der Waals surface area contributed by atoms with Crippen molar-refractivity contribution in [3.63, 3.8) is 0 Å². The van der Waals surface area contributed by atoms with E-state index in [1.807, 2.05) is 0 Å². The Hall–Kier alpha value is -0.340. The van der Waals surface area contributed by atoms with Gasteiger partial charge >= 0.3 is 0 Å². The number of rotatable bonds is 3. The summed E-state index contributed by atoms with van der Waals surface area (Å²) in [5, 5.41) is 0.840. The van der Waals surface area contributed by atoms with E-state index in [4.69, 9.17) is 4.74 Å². The van der Waals surface area contributed by atoms with E-state index >= 15 is 0 Å². The van der Waals surface area contributed by atoms with E-state index in [2.05, 4.69) is 47.1 Å². The SMILES string of the molecule is COC(CBr)c1ccc(C)cc1. The summed E-state index contributed by atoms with van der Waals surface area (Å²) in [6, 6.07) is 8.41. The van der Waals surface area contributed by atoms with Crippen LogP contribution in [-0.4, -0.2) is 12.4 Å². The Kier molecular flexibility index (Phi) is 3.76. The number of alkyl halides is 1. The van der Waals surface area contributed by atoms with Gasteiger partial charge in [0.25, 0.3) is 0 Å². The first-order valence-corrected chi connectivity index (χ1v) is 5.05. The van der Waals surface area contributed by atoms with E-state index in [0.29, 0.717) is 0 Å². The Labute approximate surface area is 81.9 Å². The van der Waals surface area contributed by atoms with Crippen molar-refractivity contribution in [1.82, 2.24) is 0 Å². The van der Waals surface area contributed by atoms with Crippen LogP contribution in [-0.2, 0) is 4.74 Å². The van der Waals surface area contributed by atoms with Gasteiger partial charge in [-0.2, -0.15) is 0 Å². The van der Waals surface area contributed by atoms with E-state index in [1.165, 1.54) is 11.1 Å². The Bertz CT molecular complexity index is 226. The third-order valence-corrected chi connectivity index (χ3v) is 2.46. The highest BCUT2D eigenvalue weighted by atomic mass is 79.9. The van der Waals surface area contributed by atoms with Crippen molar-refractivity contribution < 1.29 is 4.74 Å². The van der Waals surface area contributed by atoms with Crippen molar-refractivity contribution in [2.75, 3.05) is 12.4 Å². The second-order valence-electron chi connectivity index (χ2n) is 2.79. The molecule has 12 heavy (non-hydrogen) atoms. The molecule has 1 unspecified atom stereocenters. The second-order valence-corrected chi connectivity index (χ2v) is 3.44. The topological polar surface area (TPSA) is 9.23 Å². The van der Waals surface area contributed by atoms with Gasteiger partial charge in [0, 0.05) is 12.4 Å². The molecule has 0 spiro atoms. The molecule has 0 N–H and O–H groups in total. The number of aryl methyl sites for hydroxylation is 1. The highest BCUT2D eigenvalue weighted by molar-refractivity contribution is 9.09. The molecule has 1 nitrogen and oxygen atoms in total. The molecule has 0 bridgehead atoms. The zero-order chi connectivity index (χ0) is 8.97. The average Bonchev–Trinajstić information content (AvgIpc) is 2.10. The summed E-state index contributed by atoms with van der Waals surface area (Å²) >= 11 is 3.41. The van der Waals surface area contributed by atoms with Crippen molar-refractivity contribution in [3.8, 4) is 0 Å². The van der Waals surface area contributed by atoms with Gasteiger partial charge in [-0.05, 0) is 12.5 Å². The Morgan fingerprint density at radius 2 is 1.92 bits per heavy atom. The maximum absolute atomic E-state index is 5.28. The lowest BCUT2D eigenvalue weighted by Crippen LogP contribution is -2.01. The molecule has 0 fully saturated rings.